The van der Waals surface area contributed by atoms with Gasteiger partial charge in [0.25, 0.3) is 0 Å². The third-order valence-electron chi connectivity index (χ3n) is 3.13. The van der Waals surface area contributed by atoms with Gasteiger partial charge >= 0.3 is 0 Å². The van der Waals surface area contributed by atoms with Crippen molar-refractivity contribution in [2.45, 2.75) is 16.5 Å². The summed E-state index contributed by atoms with van der Waals surface area (Å²) in [5.41, 5.74) is -1.49. The minimum absolute atomic E-state index is 0.000000000000000444. The van der Waals surface area contributed by atoms with Gasteiger partial charge < -0.3 is 9.84 Å². The van der Waals surface area contributed by atoms with Crippen LogP contribution in [0, 0.1) is 23.0 Å². The molecule has 7 heteroatoms. The highest BCUT2D eigenvalue weighted by molar-refractivity contribution is 8.00. The molecule has 0 amide bonds. The molecule has 3 rings (SSSR count). The van der Waals surface area contributed by atoms with E-state index in [-0.39, 0.29) is 22.6 Å². The molecule has 2 unspecified atom stereocenters. The van der Waals surface area contributed by atoms with Crippen LogP contribution in [0.15, 0.2) is 35.2 Å². The van der Waals surface area contributed by atoms with Gasteiger partial charge in [-0.25, -0.2) is 13.2 Å². The maximum atomic E-state index is 13.6. The van der Waals surface area contributed by atoms with Crippen molar-refractivity contribution in [1.82, 2.24) is 0 Å². The van der Waals surface area contributed by atoms with Crippen LogP contribution < -0.4 is 4.74 Å². The van der Waals surface area contributed by atoms with E-state index >= 15 is 0 Å². The van der Waals surface area contributed by atoms with E-state index in [2.05, 4.69) is 0 Å². The van der Waals surface area contributed by atoms with Crippen molar-refractivity contribution in [1.29, 1.82) is 5.26 Å². The van der Waals surface area contributed by atoms with Gasteiger partial charge in [0.2, 0.25) is 0 Å². The van der Waals surface area contributed by atoms with Gasteiger partial charge in [-0.15, -0.1) is 0 Å². The average molecular weight is 323 g/mol. The minimum atomic E-state index is -1.57. The van der Waals surface area contributed by atoms with Gasteiger partial charge in [-0.05, 0) is 12.1 Å². The molecule has 2 atom stereocenters. The minimum Gasteiger partial charge on any atom is -0.456 e. The molecule has 0 aliphatic carbocycles. The summed E-state index contributed by atoms with van der Waals surface area (Å²) in [6.45, 7) is 0. The van der Waals surface area contributed by atoms with Crippen LogP contribution in [0.25, 0.3) is 0 Å². The number of hydrogen-bond acceptors (Lipinski definition) is 4. The summed E-state index contributed by atoms with van der Waals surface area (Å²) in [5.74, 6) is -1.78. The lowest BCUT2D eigenvalue weighted by molar-refractivity contribution is 0.127. The van der Waals surface area contributed by atoms with Gasteiger partial charge in [0, 0.05) is 28.7 Å². The second-order valence-electron chi connectivity index (χ2n) is 4.58. The zero-order valence-electron chi connectivity index (χ0n) is 10.9. The first-order valence-corrected chi connectivity index (χ1v) is 7.07. The quantitative estimate of drug-likeness (QED) is 0.905. The highest BCUT2D eigenvalue weighted by Gasteiger charge is 2.35. The highest BCUT2D eigenvalue weighted by Crippen LogP contribution is 2.48. The Hall–Kier alpha value is -2.17. The molecule has 1 aliphatic heterocycles. The third kappa shape index (κ3) is 2.51. The van der Waals surface area contributed by atoms with Crippen LogP contribution in [-0.4, -0.2) is 10.6 Å². The summed E-state index contributed by atoms with van der Waals surface area (Å²) in [6, 6.07) is 7.35. The largest absolute Gasteiger partial charge is 0.456 e. The average Bonchev–Trinajstić information content (AvgIpc) is 2.73. The molecule has 0 radical (unpaired) electrons. The van der Waals surface area contributed by atoms with Crippen molar-refractivity contribution in [3.05, 3.63) is 53.1 Å². The highest BCUT2D eigenvalue weighted by atomic mass is 32.2. The molecule has 0 fully saturated rings. The maximum Gasteiger partial charge on any atom is 0.180 e. The summed E-state index contributed by atoms with van der Waals surface area (Å²) >= 11 is 0.805. The summed E-state index contributed by atoms with van der Waals surface area (Å²) < 4.78 is 45.2. The van der Waals surface area contributed by atoms with E-state index in [0.29, 0.717) is 11.0 Å². The van der Waals surface area contributed by atoms with Gasteiger partial charge in [0.1, 0.15) is 40.9 Å². The molecular weight excluding hydrogens is 315 g/mol. The number of hydrogen-bond donors (Lipinski definition) is 1. The number of thioether (sulfide) groups is 1. The predicted octanol–water partition coefficient (Wildman–Crippen LogP) is 4.06. The number of alkyl halides is 1. The Balaban J connectivity index is 2.04. The van der Waals surface area contributed by atoms with Crippen molar-refractivity contribution in [2.24, 2.45) is 0 Å². The number of nitrogens with zero attached hydrogens (tertiary/aromatic N) is 1. The Morgan fingerprint density at radius 2 is 1.86 bits per heavy atom. The van der Waals surface area contributed by atoms with Crippen LogP contribution in [0.2, 0.25) is 0 Å². The lowest BCUT2D eigenvalue weighted by atomic mass is 10.0. The summed E-state index contributed by atoms with van der Waals surface area (Å²) in [4.78, 5) is 0.439. The van der Waals surface area contributed by atoms with Crippen LogP contribution in [0.3, 0.4) is 0 Å². The zero-order valence-corrected chi connectivity index (χ0v) is 11.7. The van der Waals surface area contributed by atoms with Crippen LogP contribution >= 0.6 is 11.8 Å². The fourth-order valence-electron chi connectivity index (χ4n) is 2.21. The number of benzene rings is 2. The number of rotatable bonds is 2. The first-order chi connectivity index (χ1) is 10.5. The molecule has 1 heterocycles. The SMILES string of the molecule is N#Cc1c(Oc2cc(F)cc(F)c2)ccc2c1C(O)C(F)S2. The van der Waals surface area contributed by atoms with Crippen molar-refractivity contribution >= 4 is 11.8 Å². The topological polar surface area (TPSA) is 53.2 Å². The molecule has 0 saturated heterocycles. The van der Waals surface area contributed by atoms with E-state index in [9.17, 15) is 23.5 Å². The molecule has 0 bridgehead atoms. The first kappa shape index (κ1) is 14.8. The number of halogens is 3. The fourth-order valence-corrected chi connectivity index (χ4v) is 3.21. The number of aliphatic hydroxyl groups excluding tert-OH is 1. The van der Waals surface area contributed by atoms with E-state index in [1.807, 2.05) is 6.07 Å². The molecule has 2 aromatic carbocycles. The van der Waals surface area contributed by atoms with Gasteiger partial charge in [-0.1, -0.05) is 11.8 Å². The molecule has 2 aromatic rings. The molecular formula is C15H8F3NO2S. The molecule has 3 nitrogen and oxygen atoms in total. The molecule has 112 valence electrons. The van der Waals surface area contributed by atoms with E-state index in [1.165, 1.54) is 12.1 Å². The van der Waals surface area contributed by atoms with Crippen LogP contribution in [0.1, 0.15) is 17.2 Å². The molecule has 0 spiro atoms. The molecule has 0 aromatic heterocycles. The van der Waals surface area contributed by atoms with Crippen LogP contribution in [0.4, 0.5) is 13.2 Å². The second kappa shape index (κ2) is 5.55. The summed E-state index contributed by atoms with van der Waals surface area (Å²) in [7, 11) is 0. The van der Waals surface area contributed by atoms with E-state index < -0.39 is 23.2 Å². The predicted molar refractivity (Wildman–Crippen MR) is 73.3 cm³/mol. The maximum absolute atomic E-state index is 13.6. The lowest BCUT2D eigenvalue weighted by Gasteiger charge is -2.12. The lowest BCUT2D eigenvalue weighted by Crippen LogP contribution is -2.05. The van der Waals surface area contributed by atoms with E-state index in [1.54, 1.807) is 0 Å². The van der Waals surface area contributed by atoms with Crippen molar-refractivity contribution in [2.75, 3.05) is 0 Å². The van der Waals surface area contributed by atoms with E-state index in [0.717, 1.165) is 23.9 Å². The Labute approximate surface area is 127 Å². The second-order valence-corrected chi connectivity index (χ2v) is 5.71. The van der Waals surface area contributed by atoms with Gasteiger partial charge in [0.15, 0.2) is 5.50 Å². The van der Waals surface area contributed by atoms with Gasteiger partial charge in [-0.3, -0.25) is 0 Å². The summed E-state index contributed by atoms with van der Waals surface area (Å²) in [5, 5.41) is 19.1. The van der Waals surface area contributed by atoms with Crippen molar-refractivity contribution < 1.29 is 23.0 Å². The Morgan fingerprint density at radius 3 is 2.50 bits per heavy atom. The summed E-state index contributed by atoms with van der Waals surface area (Å²) in [6.07, 6.45) is -1.44. The van der Waals surface area contributed by atoms with Crippen molar-refractivity contribution in [3.8, 4) is 17.6 Å². The van der Waals surface area contributed by atoms with Crippen molar-refractivity contribution in [3.63, 3.8) is 0 Å². The third-order valence-corrected chi connectivity index (χ3v) is 4.22. The molecule has 1 aliphatic rings. The Bertz CT molecular complexity index is 771. The molecule has 22 heavy (non-hydrogen) atoms. The molecule has 1 N–H and O–H groups in total. The fraction of sp³-hybridized carbons (Fsp3) is 0.133. The Morgan fingerprint density at radius 1 is 1.18 bits per heavy atom. The number of nitriles is 1. The normalized spacial score (nSPS) is 19.6. The Kier molecular flexibility index (Phi) is 3.72. The number of fused-ring (bicyclic) bond motifs is 1. The molecule has 0 saturated carbocycles. The number of aliphatic hydroxyl groups is 1. The number of ether oxygens (including phenoxy) is 1. The standard InChI is InChI=1S/C15H8F3NO2S/c16-7-3-8(17)5-9(4-7)21-11-1-2-12-13(10(11)6-19)14(20)15(18)22-12/h1-5,14-15,20H. The monoisotopic (exact) mass is 323 g/mol. The first-order valence-electron chi connectivity index (χ1n) is 6.19. The zero-order chi connectivity index (χ0) is 15.9. The van der Waals surface area contributed by atoms with Crippen LogP contribution in [0.5, 0.6) is 11.5 Å². The smallest absolute Gasteiger partial charge is 0.180 e. The van der Waals surface area contributed by atoms with E-state index in [4.69, 9.17) is 4.74 Å². The van der Waals surface area contributed by atoms with Crippen LogP contribution in [-0.2, 0) is 0 Å². The van der Waals surface area contributed by atoms with Gasteiger partial charge in [0.05, 0.1) is 0 Å². The van der Waals surface area contributed by atoms with Gasteiger partial charge in [-0.2, -0.15) is 5.26 Å².